The topological polar surface area (TPSA) is 86.8 Å². The third-order valence-electron chi connectivity index (χ3n) is 7.53. The van der Waals surface area contributed by atoms with Crippen LogP contribution < -0.4 is 9.62 Å². The average molecular weight is 550 g/mol. The Balaban J connectivity index is 1.67. The molecule has 3 aromatic carbocycles. The van der Waals surface area contributed by atoms with Gasteiger partial charge in [0.15, 0.2) is 0 Å². The second-order valence-electron chi connectivity index (χ2n) is 10.5. The van der Waals surface area contributed by atoms with E-state index in [2.05, 4.69) is 5.32 Å². The van der Waals surface area contributed by atoms with Gasteiger partial charge in [-0.2, -0.15) is 0 Å². The van der Waals surface area contributed by atoms with Crippen molar-refractivity contribution < 1.29 is 18.0 Å². The molecule has 3 aromatic rings. The largest absolute Gasteiger partial charge is 0.352 e. The summed E-state index contributed by atoms with van der Waals surface area (Å²) in [6.45, 7) is 3.70. The Morgan fingerprint density at radius 3 is 2.28 bits per heavy atom. The van der Waals surface area contributed by atoms with Gasteiger partial charge in [0, 0.05) is 18.0 Å². The van der Waals surface area contributed by atoms with Gasteiger partial charge in [-0.15, -0.1) is 0 Å². The summed E-state index contributed by atoms with van der Waals surface area (Å²) >= 11 is 0. The van der Waals surface area contributed by atoms with E-state index in [0.29, 0.717) is 12.1 Å². The van der Waals surface area contributed by atoms with Gasteiger partial charge in [-0.1, -0.05) is 92.4 Å². The van der Waals surface area contributed by atoms with E-state index in [1.807, 2.05) is 68.4 Å². The lowest BCUT2D eigenvalue weighted by molar-refractivity contribution is -0.140. The van der Waals surface area contributed by atoms with Crippen molar-refractivity contribution in [1.82, 2.24) is 10.2 Å². The summed E-state index contributed by atoms with van der Waals surface area (Å²) in [7, 11) is -3.81. The van der Waals surface area contributed by atoms with Crippen LogP contribution in [-0.4, -0.2) is 50.0 Å². The van der Waals surface area contributed by atoms with E-state index in [4.69, 9.17) is 0 Å². The molecule has 0 radical (unpaired) electrons. The first kappa shape index (κ1) is 28.6. The fraction of sp³-hybridized carbons (Fsp3) is 0.419. The van der Waals surface area contributed by atoms with Gasteiger partial charge in [0.05, 0.1) is 11.9 Å². The van der Waals surface area contributed by atoms with Crippen molar-refractivity contribution >= 4 is 38.3 Å². The molecule has 0 spiro atoms. The van der Waals surface area contributed by atoms with Crippen LogP contribution in [-0.2, 0) is 26.2 Å². The number of nitrogens with one attached hydrogen (secondary N) is 1. The maximum atomic E-state index is 14.0. The molecule has 7 nitrogen and oxygen atoms in total. The highest BCUT2D eigenvalue weighted by Crippen LogP contribution is 2.29. The van der Waals surface area contributed by atoms with Crippen LogP contribution in [0.15, 0.2) is 66.7 Å². The number of fused-ring (bicyclic) bond motifs is 1. The first-order chi connectivity index (χ1) is 18.7. The molecule has 1 fully saturated rings. The SMILES string of the molecule is CCC(C(=O)NC1CCCCC1)N(Cc1ccc(C)cc1)C(=O)CN(c1cccc2ccccc12)S(C)(=O)=O. The molecule has 1 aliphatic carbocycles. The minimum absolute atomic E-state index is 0.111. The van der Waals surface area contributed by atoms with Gasteiger partial charge in [-0.25, -0.2) is 8.42 Å². The van der Waals surface area contributed by atoms with E-state index in [0.717, 1.165) is 58.1 Å². The van der Waals surface area contributed by atoms with Gasteiger partial charge in [-0.3, -0.25) is 13.9 Å². The maximum Gasteiger partial charge on any atom is 0.244 e. The first-order valence-corrected chi connectivity index (χ1v) is 15.6. The lowest BCUT2D eigenvalue weighted by Gasteiger charge is -2.34. The Labute approximate surface area is 232 Å². The van der Waals surface area contributed by atoms with E-state index in [1.165, 1.54) is 6.42 Å². The smallest absolute Gasteiger partial charge is 0.244 e. The summed E-state index contributed by atoms with van der Waals surface area (Å²) in [6, 6.07) is 20.1. The monoisotopic (exact) mass is 549 g/mol. The first-order valence-electron chi connectivity index (χ1n) is 13.8. The van der Waals surface area contributed by atoms with Crippen LogP contribution >= 0.6 is 0 Å². The van der Waals surface area contributed by atoms with Gasteiger partial charge in [-0.05, 0) is 43.2 Å². The van der Waals surface area contributed by atoms with E-state index < -0.39 is 28.5 Å². The van der Waals surface area contributed by atoms with Crippen LogP contribution in [0.5, 0.6) is 0 Å². The Morgan fingerprint density at radius 2 is 1.62 bits per heavy atom. The number of amides is 2. The van der Waals surface area contributed by atoms with Crippen molar-refractivity contribution in [3.05, 3.63) is 77.9 Å². The summed E-state index contributed by atoms with van der Waals surface area (Å²) in [6.07, 6.45) is 6.76. The molecule has 0 aliphatic heterocycles. The molecule has 1 aliphatic rings. The van der Waals surface area contributed by atoms with Crippen molar-refractivity contribution in [2.24, 2.45) is 0 Å². The molecule has 0 aromatic heterocycles. The van der Waals surface area contributed by atoms with Gasteiger partial charge in [0.25, 0.3) is 0 Å². The van der Waals surface area contributed by atoms with Crippen molar-refractivity contribution in [1.29, 1.82) is 0 Å². The van der Waals surface area contributed by atoms with Crippen LogP contribution in [0.3, 0.4) is 0 Å². The number of nitrogens with zero attached hydrogens (tertiary/aromatic N) is 2. The van der Waals surface area contributed by atoms with Gasteiger partial charge in [0.1, 0.15) is 12.6 Å². The van der Waals surface area contributed by atoms with E-state index in [1.54, 1.807) is 17.0 Å². The molecule has 1 unspecified atom stereocenters. The number of benzene rings is 3. The highest BCUT2D eigenvalue weighted by Gasteiger charge is 2.33. The molecule has 208 valence electrons. The van der Waals surface area contributed by atoms with Crippen molar-refractivity contribution in [3.63, 3.8) is 0 Å². The molecule has 1 N–H and O–H groups in total. The summed E-state index contributed by atoms with van der Waals surface area (Å²) in [5.41, 5.74) is 2.42. The standard InChI is InChI=1S/C31H39N3O4S/c1-4-28(31(36)32-26-13-6-5-7-14-26)33(21-24-19-17-23(2)18-20-24)30(35)22-34(39(3,37)38)29-16-10-12-25-11-8-9-15-27(25)29/h8-12,15-20,26,28H,4-7,13-14,21-22H2,1-3H3,(H,32,36). The predicted octanol–water partition coefficient (Wildman–Crippen LogP) is 5.17. The number of rotatable bonds is 10. The fourth-order valence-electron chi connectivity index (χ4n) is 5.37. The van der Waals surface area contributed by atoms with E-state index >= 15 is 0 Å². The average Bonchev–Trinajstić information content (AvgIpc) is 2.92. The second kappa shape index (κ2) is 12.6. The van der Waals surface area contributed by atoms with E-state index in [-0.39, 0.29) is 18.5 Å². The summed E-state index contributed by atoms with van der Waals surface area (Å²) in [4.78, 5) is 29.1. The van der Waals surface area contributed by atoms with Gasteiger partial charge >= 0.3 is 0 Å². The van der Waals surface area contributed by atoms with Crippen molar-refractivity contribution in [2.45, 2.75) is 71.0 Å². The molecule has 4 rings (SSSR count). The van der Waals surface area contributed by atoms with Crippen LogP contribution in [0.2, 0.25) is 0 Å². The molecule has 1 atom stereocenters. The molecule has 2 amide bonds. The van der Waals surface area contributed by atoms with Crippen molar-refractivity contribution in [2.75, 3.05) is 17.1 Å². The molecular formula is C31H39N3O4S. The predicted molar refractivity (Wildman–Crippen MR) is 157 cm³/mol. The number of carbonyl (C=O) groups excluding carboxylic acids is 2. The number of anilines is 1. The lowest BCUT2D eigenvalue weighted by atomic mass is 9.95. The van der Waals surface area contributed by atoms with Crippen LogP contribution in [0.25, 0.3) is 10.8 Å². The minimum Gasteiger partial charge on any atom is -0.352 e. The number of hydrogen-bond acceptors (Lipinski definition) is 4. The molecule has 0 heterocycles. The normalized spacial score (nSPS) is 15.1. The minimum atomic E-state index is -3.81. The maximum absolute atomic E-state index is 14.0. The Morgan fingerprint density at radius 1 is 0.949 bits per heavy atom. The molecule has 0 bridgehead atoms. The van der Waals surface area contributed by atoms with E-state index in [9.17, 15) is 18.0 Å². The number of sulfonamides is 1. The highest BCUT2D eigenvalue weighted by molar-refractivity contribution is 7.92. The second-order valence-corrected chi connectivity index (χ2v) is 12.4. The Hall–Kier alpha value is -3.39. The Kier molecular flexibility index (Phi) is 9.28. The van der Waals surface area contributed by atoms with Crippen LogP contribution in [0, 0.1) is 6.92 Å². The highest BCUT2D eigenvalue weighted by atomic mass is 32.2. The zero-order valence-corrected chi connectivity index (χ0v) is 23.9. The summed E-state index contributed by atoms with van der Waals surface area (Å²) < 4.78 is 27.2. The zero-order chi connectivity index (χ0) is 28.0. The summed E-state index contributed by atoms with van der Waals surface area (Å²) in [5, 5.41) is 4.80. The zero-order valence-electron chi connectivity index (χ0n) is 23.1. The fourth-order valence-corrected chi connectivity index (χ4v) is 6.24. The quantitative estimate of drug-likeness (QED) is 0.378. The van der Waals surface area contributed by atoms with Gasteiger partial charge < -0.3 is 10.2 Å². The number of hydrogen-bond donors (Lipinski definition) is 1. The lowest BCUT2D eigenvalue weighted by Crippen LogP contribution is -2.54. The van der Waals surface area contributed by atoms with Crippen molar-refractivity contribution in [3.8, 4) is 0 Å². The van der Waals surface area contributed by atoms with Crippen LogP contribution in [0.4, 0.5) is 5.69 Å². The number of aryl methyl sites for hydroxylation is 1. The molecule has 8 heteroatoms. The van der Waals surface area contributed by atoms with Gasteiger partial charge in [0.2, 0.25) is 21.8 Å². The molecule has 39 heavy (non-hydrogen) atoms. The molecule has 1 saturated carbocycles. The van der Waals surface area contributed by atoms with Crippen LogP contribution in [0.1, 0.15) is 56.6 Å². The number of carbonyl (C=O) groups is 2. The molecule has 0 saturated heterocycles. The summed E-state index contributed by atoms with van der Waals surface area (Å²) in [5.74, 6) is -0.597. The Bertz CT molecular complexity index is 1390. The molecular weight excluding hydrogens is 510 g/mol. The third-order valence-corrected chi connectivity index (χ3v) is 8.65. The third kappa shape index (κ3) is 7.18.